The Hall–Kier alpha value is -2.82. The lowest BCUT2D eigenvalue weighted by Crippen LogP contribution is -2.34. The van der Waals surface area contributed by atoms with Gasteiger partial charge in [-0.2, -0.15) is 0 Å². The number of ether oxygens (including phenoxy) is 1. The molecular formula is C22H28N2O3. The second-order valence-electron chi connectivity index (χ2n) is 6.68. The van der Waals surface area contributed by atoms with Gasteiger partial charge in [-0.05, 0) is 55.2 Å². The lowest BCUT2D eigenvalue weighted by atomic mass is 10.1. The highest BCUT2D eigenvalue weighted by Crippen LogP contribution is 2.19. The molecule has 1 N–H and O–H groups in total. The number of rotatable bonds is 8. The number of nitrogens with one attached hydrogen (secondary N) is 1. The predicted molar refractivity (Wildman–Crippen MR) is 108 cm³/mol. The van der Waals surface area contributed by atoms with E-state index in [-0.39, 0.29) is 18.2 Å². The third kappa shape index (κ3) is 6.13. The number of hydrogen-bond acceptors (Lipinski definition) is 3. The third-order valence-electron chi connectivity index (χ3n) is 4.37. The number of carbonyl (C=O) groups excluding carboxylic acids is 2. The van der Waals surface area contributed by atoms with Crippen molar-refractivity contribution in [3.63, 3.8) is 0 Å². The summed E-state index contributed by atoms with van der Waals surface area (Å²) < 4.78 is 5.32. The predicted octanol–water partition coefficient (Wildman–Crippen LogP) is 3.41. The van der Waals surface area contributed by atoms with Gasteiger partial charge >= 0.3 is 0 Å². The van der Waals surface area contributed by atoms with Crippen LogP contribution >= 0.6 is 0 Å². The fourth-order valence-electron chi connectivity index (χ4n) is 3.12. The maximum atomic E-state index is 12.2. The zero-order valence-electron chi connectivity index (χ0n) is 16.5. The number of hydrogen-bond donors (Lipinski definition) is 1. The molecule has 2 aromatic rings. The van der Waals surface area contributed by atoms with E-state index in [9.17, 15) is 9.59 Å². The minimum atomic E-state index is -0.0690. The van der Waals surface area contributed by atoms with Crippen LogP contribution in [0.25, 0.3) is 0 Å². The summed E-state index contributed by atoms with van der Waals surface area (Å²) in [6.07, 6.45) is 0.960. The number of benzene rings is 2. The molecule has 2 rings (SSSR count). The Bertz CT molecular complexity index is 782. The van der Waals surface area contributed by atoms with Crippen LogP contribution in [0.5, 0.6) is 5.75 Å². The Labute approximate surface area is 161 Å². The zero-order chi connectivity index (χ0) is 19.8. The van der Waals surface area contributed by atoms with Gasteiger partial charge in [0.05, 0.1) is 7.11 Å². The van der Waals surface area contributed by atoms with Crippen LogP contribution in [-0.2, 0) is 16.0 Å². The SMILES string of the molecule is COc1ccccc1CCNC(=O)CCN(C(C)=O)c1cc(C)cc(C)c1. The van der Waals surface area contributed by atoms with Gasteiger partial charge in [-0.3, -0.25) is 9.59 Å². The van der Waals surface area contributed by atoms with E-state index in [4.69, 9.17) is 4.74 Å². The summed E-state index contributed by atoms with van der Waals surface area (Å²) in [6.45, 7) is 6.41. The lowest BCUT2D eigenvalue weighted by Gasteiger charge is -2.22. The smallest absolute Gasteiger partial charge is 0.223 e. The Morgan fingerprint density at radius 3 is 2.37 bits per heavy atom. The first-order valence-corrected chi connectivity index (χ1v) is 9.15. The monoisotopic (exact) mass is 368 g/mol. The van der Waals surface area contributed by atoms with Crippen molar-refractivity contribution in [2.45, 2.75) is 33.6 Å². The van der Waals surface area contributed by atoms with E-state index in [0.29, 0.717) is 19.5 Å². The molecule has 0 aliphatic carbocycles. The van der Waals surface area contributed by atoms with Gasteiger partial charge < -0.3 is 15.0 Å². The molecule has 0 heterocycles. The minimum absolute atomic E-state index is 0.0678. The first kappa shape index (κ1) is 20.5. The standard InChI is InChI=1S/C22H28N2O3/c1-16-13-17(2)15-20(14-16)24(18(3)25)12-10-22(26)23-11-9-19-7-5-6-8-21(19)27-4/h5-8,13-15H,9-12H2,1-4H3,(H,23,26). The van der Waals surface area contributed by atoms with Crippen molar-refractivity contribution in [1.82, 2.24) is 5.32 Å². The lowest BCUT2D eigenvalue weighted by molar-refractivity contribution is -0.121. The molecule has 0 aliphatic heterocycles. The molecule has 2 amide bonds. The quantitative estimate of drug-likeness (QED) is 0.777. The highest BCUT2D eigenvalue weighted by atomic mass is 16.5. The maximum absolute atomic E-state index is 12.2. The summed E-state index contributed by atoms with van der Waals surface area (Å²) in [5, 5.41) is 2.92. The maximum Gasteiger partial charge on any atom is 0.223 e. The molecule has 2 aromatic carbocycles. The largest absolute Gasteiger partial charge is 0.496 e. The third-order valence-corrected chi connectivity index (χ3v) is 4.37. The average molecular weight is 368 g/mol. The molecule has 0 atom stereocenters. The molecule has 0 fully saturated rings. The molecule has 0 unspecified atom stereocenters. The average Bonchev–Trinajstić information content (AvgIpc) is 2.61. The Morgan fingerprint density at radius 2 is 1.74 bits per heavy atom. The summed E-state index contributed by atoms with van der Waals surface area (Å²) in [7, 11) is 1.64. The summed E-state index contributed by atoms with van der Waals surface area (Å²) in [5.74, 6) is 0.687. The van der Waals surface area contributed by atoms with Crippen molar-refractivity contribution in [2.75, 3.05) is 25.1 Å². The Kier molecular flexibility index (Phi) is 7.41. The fourth-order valence-corrected chi connectivity index (χ4v) is 3.12. The van der Waals surface area contributed by atoms with Crippen LogP contribution in [0.3, 0.4) is 0 Å². The molecule has 0 bridgehead atoms. The van der Waals surface area contributed by atoms with E-state index < -0.39 is 0 Å². The second kappa shape index (κ2) is 9.76. The molecule has 5 nitrogen and oxygen atoms in total. The van der Waals surface area contributed by atoms with Crippen LogP contribution in [0.15, 0.2) is 42.5 Å². The number of para-hydroxylation sites is 1. The first-order valence-electron chi connectivity index (χ1n) is 9.15. The second-order valence-corrected chi connectivity index (χ2v) is 6.68. The molecule has 0 saturated carbocycles. The summed E-state index contributed by atoms with van der Waals surface area (Å²) in [6, 6.07) is 13.8. The molecular weight excluding hydrogens is 340 g/mol. The Morgan fingerprint density at radius 1 is 1.07 bits per heavy atom. The topological polar surface area (TPSA) is 58.6 Å². The first-order chi connectivity index (χ1) is 12.9. The molecule has 0 spiro atoms. The number of aryl methyl sites for hydroxylation is 2. The van der Waals surface area contributed by atoms with Crippen LogP contribution in [-0.4, -0.2) is 32.0 Å². The molecule has 27 heavy (non-hydrogen) atoms. The highest BCUT2D eigenvalue weighted by molar-refractivity contribution is 5.92. The number of amides is 2. The van der Waals surface area contributed by atoms with Crippen LogP contribution in [0.1, 0.15) is 30.0 Å². The van der Waals surface area contributed by atoms with Gasteiger partial charge in [0.15, 0.2) is 0 Å². The number of carbonyl (C=O) groups is 2. The molecule has 144 valence electrons. The van der Waals surface area contributed by atoms with E-state index in [2.05, 4.69) is 11.4 Å². The van der Waals surface area contributed by atoms with Crippen LogP contribution < -0.4 is 15.0 Å². The molecule has 0 aliphatic rings. The van der Waals surface area contributed by atoms with Gasteiger partial charge in [0.2, 0.25) is 11.8 Å². The van der Waals surface area contributed by atoms with Crippen molar-refractivity contribution < 1.29 is 14.3 Å². The minimum Gasteiger partial charge on any atom is -0.496 e. The van der Waals surface area contributed by atoms with Crippen molar-refractivity contribution in [1.29, 1.82) is 0 Å². The summed E-state index contributed by atoms with van der Waals surface area (Å²) in [5.41, 5.74) is 4.08. The van der Waals surface area contributed by atoms with Crippen LogP contribution in [0.2, 0.25) is 0 Å². The molecule has 0 radical (unpaired) electrons. The normalized spacial score (nSPS) is 10.4. The Balaban J connectivity index is 1.88. The van der Waals surface area contributed by atoms with Gasteiger partial charge in [0, 0.05) is 32.1 Å². The molecule has 0 aromatic heterocycles. The van der Waals surface area contributed by atoms with Crippen LogP contribution in [0.4, 0.5) is 5.69 Å². The van der Waals surface area contributed by atoms with Gasteiger partial charge in [0.1, 0.15) is 5.75 Å². The molecule has 5 heteroatoms. The summed E-state index contributed by atoms with van der Waals surface area (Å²) >= 11 is 0. The number of methoxy groups -OCH3 is 1. The summed E-state index contributed by atoms with van der Waals surface area (Å²) in [4.78, 5) is 25.9. The highest BCUT2D eigenvalue weighted by Gasteiger charge is 2.14. The molecule has 0 saturated heterocycles. The van der Waals surface area contributed by atoms with Crippen molar-refractivity contribution in [3.05, 3.63) is 59.2 Å². The number of nitrogens with zero attached hydrogens (tertiary/aromatic N) is 1. The zero-order valence-corrected chi connectivity index (χ0v) is 16.5. The van der Waals surface area contributed by atoms with E-state index in [1.165, 1.54) is 6.92 Å². The van der Waals surface area contributed by atoms with Gasteiger partial charge in [0.25, 0.3) is 0 Å². The van der Waals surface area contributed by atoms with Gasteiger partial charge in [-0.1, -0.05) is 24.3 Å². The van der Waals surface area contributed by atoms with Crippen molar-refractivity contribution in [2.24, 2.45) is 0 Å². The van der Waals surface area contributed by atoms with E-state index in [1.54, 1.807) is 12.0 Å². The van der Waals surface area contributed by atoms with Crippen molar-refractivity contribution in [3.8, 4) is 5.75 Å². The number of anilines is 1. The van der Waals surface area contributed by atoms with Gasteiger partial charge in [-0.25, -0.2) is 0 Å². The van der Waals surface area contributed by atoms with Gasteiger partial charge in [-0.15, -0.1) is 0 Å². The van der Waals surface area contributed by atoms with E-state index in [0.717, 1.165) is 28.1 Å². The fraction of sp³-hybridized carbons (Fsp3) is 0.364. The van der Waals surface area contributed by atoms with Crippen molar-refractivity contribution >= 4 is 17.5 Å². The van der Waals surface area contributed by atoms with Crippen LogP contribution in [0, 0.1) is 13.8 Å². The van der Waals surface area contributed by atoms with E-state index in [1.807, 2.05) is 50.2 Å². The van der Waals surface area contributed by atoms with E-state index >= 15 is 0 Å².